The molecule has 10 heteroatoms. The molecule has 0 spiro atoms. The molecule has 0 saturated carbocycles. The summed E-state index contributed by atoms with van der Waals surface area (Å²) in [6.45, 7) is 9.59. The molecule has 2 saturated heterocycles. The average Bonchev–Trinajstić information content (AvgIpc) is 3.58. The third kappa shape index (κ3) is 9.43. The molecule has 6 rings (SSSR count). The summed E-state index contributed by atoms with van der Waals surface area (Å²) in [6.07, 6.45) is 7.92. The molecule has 2 aliphatic rings. The highest BCUT2D eigenvalue weighted by Crippen LogP contribution is 2.37. The van der Waals surface area contributed by atoms with Gasteiger partial charge in [0, 0.05) is 61.8 Å². The van der Waals surface area contributed by atoms with Gasteiger partial charge >= 0.3 is 0 Å². The maximum Gasteiger partial charge on any atom is 0.142 e. The smallest absolute Gasteiger partial charge is 0.142 e. The number of rotatable bonds is 15. The van der Waals surface area contributed by atoms with E-state index in [0.29, 0.717) is 41.8 Å². The Kier molecular flexibility index (Phi) is 13.0. The first kappa shape index (κ1) is 37.6. The average molecular weight is 725 g/mol. The highest BCUT2D eigenvalue weighted by molar-refractivity contribution is 6.32. The van der Waals surface area contributed by atoms with Crippen molar-refractivity contribution in [1.29, 1.82) is 5.26 Å². The third-order valence-corrected chi connectivity index (χ3v) is 10.6. The van der Waals surface area contributed by atoms with E-state index in [4.69, 9.17) is 25.8 Å². The highest BCUT2D eigenvalue weighted by atomic mass is 35.5. The van der Waals surface area contributed by atoms with Crippen LogP contribution in [0.3, 0.4) is 0 Å². The van der Waals surface area contributed by atoms with E-state index in [1.54, 1.807) is 12.3 Å². The summed E-state index contributed by atoms with van der Waals surface area (Å²) in [5.74, 6) is 2.03. The number of aliphatic hydroxyl groups is 2. The summed E-state index contributed by atoms with van der Waals surface area (Å²) in [5, 5.41) is 29.7. The van der Waals surface area contributed by atoms with Crippen LogP contribution in [0.4, 0.5) is 0 Å². The van der Waals surface area contributed by atoms with Crippen LogP contribution >= 0.6 is 11.6 Å². The van der Waals surface area contributed by atoms with Crippen molar-refractivity contribution in [2.45, 2.75) is 77.9 Å². The number of pyridine rings is 1. The lowest BCUT2D eigenvalue weighted by Gasteiger charge is -2.35. The van der Waals surface area contributed by atoms with Crippen molar-refractivity contribution in [3.8, 4) is 34.4 Å². The molecule has 2 N–H and O–H groups in total. The van der Waals surface area contributed by atoms with Crippen LogP contribution in [0.2, 0.25) is 5.02 Å². The molecule has 274 valence electrons. The second kappa shape index (κ2) is 18.0. The second-order valence-electron chi connectivity index (χ2n) is 13.9. The largest absolute Gasteiger partial charge is 0.493 e. The fourth-order valence-corrected chi connectivity index (χ4v) is 7.50. The number of halogens is 1. The maximum absolute atomic E-state index is 10.0. The molecule has 52 heavy (non-hydrogen) atoms. The number of nitrogens with zero attached hydrogens (tertiary/aromatic N) is 4. The zero-order chi connectivity index (χ0) is 36.5. The number of hydrogen-bond donors (Lipinski definition) is 2. The van der Waals surface area contributed by atoms with E-state index in [0.717, 1.165) is 103 Å². The van der Waals surface area contributed by atoms with Gasteiger partial charge in [-0.05, 0) is 92.1 Å². The number of nitriles is 1. The van der Waals surface area contributed by atoms with Gasteiger partial charge in [-0.2, -0.15) is 5.26 Å². The van der Waals surface area contributed by atoms with Gasteiger partial charge in [0.1, 0.15) is 36.5 Å². The lowest BCUT2D eigenvalue weighted by atomic mass is 9.93. The molecule has 0 aliphatic carbocycles. The minimum absolute atomic E-state index is 0.0922. The lowest BCUT2D eigenvalue weighted by Crippen LogP contribution is -2.41. The van der Waals surface area contributed by atoms with E-state index in [1.807, 2.05) is 24.3 Å². The van der Waals surface area contributed by atoms with Crippen molar-refractivity contribution in [3.63, 3.8) is 0 Å². The van der Waals surface area contributed by atoms with Gasteiger partial charge in [0.2, 0.25) is 0 Å². The quantitative estimate of drug-likeness (QED) is 0.123. The van der Waals surface area contributed by atoms with Crippen molar-refractivity contribution < 1.29 is 24.4 Å². The normalized spacial score (nSPS) is 17.9. The summed E-state index contributed by atoms with van der Waals surface area (Å²) in [5.41, 5.74) is 7.65. The Labute approximate surface area is 312 Å². The van der Waals surface area contributed by atoms with Crippen LogP contribution in [0.5, 0.6) is 17.2 Å². The van der Waals surface area contributed by atoms with E-state index < -0.39 is 0 Å². The predicted octanol–water partition coefficient (Wildman–Crippen LogP) is 7.23. The summed E-state index contributed by atoms with van der Waals surface area (Å²) in [4.78, 5) is 8.76. The van der Waals surface area contributed by atoms with Gasteiger partial charge in [0.15, 0.2) is 0 Å². The van der Waals surface area contributed by atoms with Gasteiger partial charge in [0.25, 0.3) is 0 Å². The number of hydrogen-bond acceptors (Lipinski definition) is 9. The number of piperidine rings is 1. The number of ether oxygens (including phenoxy) is 3. The topological polar surface area (TPSA) is 111 Å². The van der Waals surface area contributed by atoms with Gasteiger partial charge in [-0.3, -0.25) is 9.88 Å². The number of aromatic nitrogens is 1. The first-order valence-corrected chi connectivity index (χ1v) is 18.7. The first-order chi connectivity index (χ1) is 25.3. The monoisotopic (exact) mass is 724 g/mol. The van der Waals surface area contributed by atoms with E-state index in [1.165, 1.54) is 6.20 Å². The molecular formula is C42H49ClN4O5. The van der Waals surface area contributed by atoms with Gasteiger partial charge in [-0.25, -0.2) is 0 Å². The van der Waals surface area contributed by atoms with Gasteiger partial charge in [-0.15, -0.1) is 0 Å². The van der Waals surface area contributed by atoms with Gasteiger partial charge in [-0.1, -0.05) is 48.4 Å². The molecule has 2 unspecified atom stereocenters. The Hall–Kier alpha value is -4.17. The molecule has 2 atom stereocenters. The Morgan fingerprint density at radius 2 is 1.69 bits per heavy atom. The van der Waals surface area contributed by atoms with Crippen molar-refractivity contribution in [2.24, 2.45) is 0 Å². The molecule has 2 fully saturated rings. The number of β-amino-alcohol motifs (C(OH)–C–C–N with tert-alkyl or cyclic N) is 1. The minimum Gasteiger partial charge on any atom is -0.493 e. The molecule has 3 heterocycles. The predicted molar refractivity (Wildman–Crippen MR) is 203 cm³/mol. The van der Waals surface area contributed by atoms with Crippen LogP contribution in [0.25, 0.3) is 11.1 Å². The SMILES string of the molecule is Cc1c(COc2cc(OCc3cncc(C#N)c3)c(CN3CCCCC3CO)cc2Cl)cccc1-c1cccc(OCCCN2CCC(O)C2)c1C. The van der Waals surface area contributed by atoms with E-state index in [2.05, 4.69) is 59.0 Å². The van der Waals surface area contributed by atoms with Gasteiger partial charge < -0.3 is 29.3 Å². The Balaban J connectivity index is 1.17. The van der Waals surface area contributed by atoms with Gasteiger partial charge in [0.05, 0.1) is 29.9 Å². The Morgan fingerprint density at radius 3 is 2.48 bits per heavy atom. The van der Waals surface area contributed by atoms with Crippen molar-refractivity contribution in [3.05, 3.63) is 105 Å². The van der Waals surface area contributed by atoms with Crippen molar-refractivity contribution in [2.75, 3.05) is 39.4 Å². The van der Waals surface area contributed by atoms with E-state index >= 15 is 0 Å². The van der Waals surface area contributed by atoms with E-state index in [-0.39, 0.29) is 25.4 Å². The Morgan fingerprint density at radius 1 is 0.885 bits per heavy atom. The van der Waals surface area contributed by atoms with Crippen LogP contribution < -0.4 is 14.2 Å². The zero-order valence-corrected chi connectivity index (χ0v) is 30.9. The summed E-state index contributed by atoms with van der Waals surface area (Å²) in [7, 11) is 0. The summed E-state index contributed by atoms with van der Waals surface area (Å²) >= 11 is 6.89. The molecule has 0 radical (unpaired) electrons. The van der Waals surface area contributed by atoms with Crippen LogP contribution in [0.15, 0.2) is 67.0 Å². The molecule has 4 aromatic rings. The van der Waals surface area contributed by atoms with E-state index in [9.17, 15) is 15.5 Å². The van der Waals surface area contributed by atoms with Crippen LogP contribution in [0.1, 0.15) is 65.5 Å². The van der Waals surface area contributed by atoms with Crippen LogP contribution in [-0.4, -0.2) is 76.5 Å². The van der Waals surface area contributed by atoms with Crippen LogP contribution in [0, 0.1) is 25.2 Å². The minimum atomic E-state index is -0.202. The molecule has 3 aromatic carbocycles. The number of benzene rings is 3. The lowest BCUT2D eigenvalue weighted by molar-refractivity contribution is 0.0831. The van der Waals surface area contributed by atoms with Crippen LogP contribution in [-0.2, 0) is 19.8 Å². The summed E-state index contributed by atoms with van der Waals surface area (Å²) < 4.78 is 19.0. The van der Waals surface area contributed by atoms with Crippen molar-refractivity contribution in [1.82, 2.24) is 14.8 Å². The standard InChI is InChI=1S/C42H49ClN4O5/c1-29-33(8-5-10-37(29)38-11-6-12-40(30(38)2)50-17-7-14-46-16-13-36(49)25-46)28-52-42-20-41(51-27-32-18-31(21-44)22-45-23-32)34(19-39(42)43)24-47-15-4-3-9-35(47)26-48/h5-6,8,10-12,18-20,22-23,35-36,48-49H,3-4,7,9,13-17,24-28H2,1-2H3. The first-order valence-electron chi connectivity index (χ1n) is 18.3. The molecular weight excluding hydrogens is 676 g/mol. The number of aliphatic hydroxyl groups excluding tert-OH is 2. The fraction of sp³-hybridized carbons (Fsp3) is 0.429. The maximum atomic E-state index is 10.0. The fourth-order valence-electron chi connectivity index (χ4n) is 7.26. The molecule has 1 aromatic heterocycles. The second-order valence-corrected chi connectivity index (χ2v) is 14.3. The highest BCUT2D eigenvalue weighted by Gasteiger charge is 2.24. The molecule has 9 nitrogen and oxygen atoms in total. The number of likely N-dealkylation sites (tertiary alicyclic amines) is 2. The Bertz CT molecular complexity index is 1860. The molecule has 0 bridgehead atoms. The third-order valence-electron chi connectivity index (χ3n) is 10.3. The molecule has 0 amide bonds. The molecule has 2 aliphatic heterocycles. The summed E-state index contributed by atoms with van der Waals surface area (Å²) in [6, 6.07) is 20.2. The zero-order valence-electron chi connectivity index (χ0n) is 30.2. The van der Waals surface area contributed by atoms with Crippen molar-refractivity contribution >= 4 is 11.6 Å².